The summed E-state index contributed by atoms with van der Waals surface area (Å²) in [4.78, 5) is 92.0. The van der Waals surface area contributed by atoms with Gasteiger partial charge in [0.25, 0.3) is 0 Å². The Balaban J connectivity index is 1.98. The third-order valence-electron chi connectivity index (χ3n) is 8.14. The summed E-state index contributed by atoms with van der Waals surface area (Å²) >= 11 is 0. The highest BCUT2D eigenvalue weighted by atomic mass is 16.5. The molecule has 1 aromatic carbocycles. The van der Waals surface area contributed by atoms with E-state index in [0.717, 1.165) is 0 Å². The number of ketones is 4. The number of phenols is 1. The zero-order chi connectivity index (χ0) is 29.1. The second-order valence-corrected chi connectivity index (χ2v) is 10.5. The van der Waals surface area contributed by atoms with Crippen molar-refractivity contribution in [2.24, 2.45) is 29.4 Å². The molecule has 0 radical (unpaired) electrons. The number of aliphatic hydroxyl groups is 1. The van der Waals surface area contributed by atoms with Crippen LogP contribution in [0.1, 0.15) is 41.6 Å². The lowest BCUT2D eigenvalue weighted by Crippen LogP contribution is -2.78. The summed E-state index contributed by atoms with van der Waals surface area (Å²) in [5.74, 6) is -16.7. The predicted molar refractivity (Wildman–Crippen MR) is 128 cm³/mol. The minimum atomic E-state index is -3.14. The zero-order valence-corrected chi connectivity index (χ0v) is 21.3. The lowest BCUT2D eigenvalue weighted by Gasteiger charge is -2.56. The average molecular weight is 545 g/mol. The number of hydrogen-bond acceptors (Lipinski definition) is 11. The van der Waals surface area contributed by atoms with Crippen LogP contribution in [0, 0.1) is 23.7 Å². The molecule has 3 aliphatic carbocycles. The molecule has 39 heavy (non-hydrogen) atoms. The van der Waals surface area contributed by atoms with Gasteiger partial charge in [-0.05, 0) is 31.6 Å². The Kier molecular flexibility index (Phi) is 6.94. The van der Waals surface area contributed by atoms with Gasteiger partial charge in [-0.2, -0.15) is 0 Å². The number of ether oxygens (including phenoxy) is 1. The Hall–Kier alpha value is -3.97. The molecule has 2 unspecified atom stereocenters. The molecule has 2 fully saturated rings. The first-order chi connectivity index (χ1) is 18.2. The lowest BCUT2D eigenvalue weighted by atomic mass is 9.49. The van der Waals surface area contributed by atoms with Gasteiger partial charge in [-0.1, -0.05) is 19.1 Å². The number of hydrogen-bond donors (Lipinski definition) is 4. The highest BCUT2D eigenvalue weighted by Crippen LogP contribution is 2.55. The van der Waals surface area contributed by atoms with Crippen molar-refractivity contribution in [1.29, 1.82) is 0 Å². The van der Waals surface area contributed by atoms with Gasteiger partial charge in [-0.25, -0.2) is 0 Å². The lowest BCUT2D eigenvalue weighted by molar-refractivity contribution is -0.205. The number of aromatic hydroxyl groups is 1. The fourth-order valence-electron chi connectivity index (χ4n) is 6.49. The van der Waals surface area contributed by atoms with Gasteiger partial charge in [0.1, 0.15) is 11.9 Å². The van der Waals surface area contributed by atoms with Crippen molar-refractivity contribution in [3.8, 4) is 5.75 Å². The number of carboxylic acids is 1. The molecule has 3 aliphatic rings. The van der Waals surface area contributed by atoms with Crippen LogP contribution >= 0.6 is 0 Å². The number of rotatable bonds is 6. The largest absolute Gasteiger partial charge is 0.507 e. The van der Waals surface area contributed by atoms with Crippen LogP contribution in [0.4, 0.5) is 0 Å². The molecule has 0 heterocycles. The molecule has 1 aromatic rings. The van der Waals surface area contributed by atoms with Crippen LogP contribution in [0.3, 0.4) is 0 Å². The number of carbonyl (C=O) groups excluding carboxylic acids is 6. The van der Waals surface area contributed by atoms with Crippen LogP contribution in [-0.4, -0.2) is 93.0 Å². The molecule has 208 valence electrons. The third-order valence-corrected chi connectivity index (χ3v) is 8.14. The maximum absolute atomic E-state index is 14.0. The molecule has 0 bridgehead atoms. The Morgan fingerprint density at radius 2 is 1.72 bits per heavy atom. The zero-order valence-electron chi connectivity index (χ0n) is 21.3. The van der Waals surface area contributed by atoms with Gasteiger partial charge in [0.05, 0.1) is 36.3 Å². The summed E-state index contributed by atoms with van der Waals surface area (Å²) in [6.07, 6.45) is -2.85. The molecular formula is C26H28N2O11. The van der Waals surface area contributed by atoms with E-state index >= 15 is 0 Å². The minimum absolute atomic E-state index is 0.201. The SMILES string of the molecule is C[C@@H]1c2cccc(O)c2C(=O)C2C(=O)[C@@]3(O)C(=O)C(C(N)=O)C(=O)[C@H](N(C)C)[C@H]3[C@H](OC(=O)CCC(=O)O)[C@H]21. The maximum Gasteiger partial charge on any atom is 0.306 e. The van der Waals surface area contributed by atoms with Gasteiger partial charge in [0.15, 0.2) is 34.7 Å². The van der Waals surface area contributed by atoms with Crippen LogP contribution in [0.2, 0.25) is 0 Å². The van der Waals surface area contributed by atoms with Crippen LogP contribution in [0.25, 0.3) is 0 Å². The second kappa shape index (κ2) is 9.65. The van der Waals surface area contributed by atoms with E-state index in [2.05, 4.69) is 0 Å². The topological polar surface area (TPSA) is 219 Å². The van der Waals surface area contributed by atoms with Gasteiger partial charge in [-0.3, -0.25) is 38.5 Å². The number of nitrogens with zero attached hydrogens (tertiary/aromatic N) is 1. The molecule has 4 rings (SSSR count). The van der Waals surface area contributed by atoms with E-state index in [9.17, 15) is 43.8 Å². The van der Waals surface area contributed by atoms with Crippen molar-refractivity contribution in [3.63, 3.8) is 0 Å². The Morgan fingerprint density at radius 3 is 2.28 bits per heavy atom. The third kappa shape index (κ3) is 4.03. The van der Waals surface area contributed by atoms with Gasteiger partial charge in [0.2, 0.25) is 5.91 Å². The number of esters is 1. The standard InChI is InChI=1S/C26H28N2O11/c1-9-10-5-4-6-11(29)15(10)20(33)16-14(9)22(39-13(32)8-7-12(30)31)18-19(28(2)3)21(34)17(25(27)37)24(36)26(18,38)23(16)35/h4-6,9,14,16-19,22,29,38H,7-8H2,1-3H3,(H2,27,37)(H,30,31)/t9-,14+,16?,17?,18+,19-,22-,26-/m1/s1. The fraction of sp³-hybridized carbons (Fsp3) is 0.500. The van der Waals surface area contributed by atoms with Crippen molar-refractivity contribution in [2.75, 3.05) is 14.1 Å². The summed E-state index contributed by atoms with van der Waals surface area (Å²) in [5, 5.41) is 31.3. The van der Waals surface area contributed by atoms with Crippen LogP contribution < -0.4 is 5.73 Å². The number of Topliss-reactive ketones (excluding diaryl/α,β-unsaturated/α-hetero) is 4. The first-order valence-electron chi connectivity index (χ1n) is 12.2. The van der Waals surface area contributed by atoms with Crippen molar-refractivity contribution in [3.05, 3.63) is 29.3 Å². The van der Waals surface area contributed by atoms with E-state index in [1.165, 1.54) is 37.2 Å². The number of benzene rings is 1. The summed E-state index contributed by atoms with van der Waals surface area (Å²) in [6.45, 7) is 1.60. The molecule has 13 nitrogen and oxygen atoms in total. The number of fused-ring (bicyclic) bond motifs is 3. The van der Waals surface area contributed by atoms with Gasteiger partial charge in [-0.15, -0.1) is 0 Å². The molecule has 2 saturated carbocycles. The number of likely N-dealkylation sites (N-methyl/N-ethyl adjacent to an activating group) is 1. The molecule has 8 atom stereocenters. The highest BCUT2D eigenvalue weighted by Gasteiger charge is 2.74. The normalized spacial score (nSPS) is 33.7. The predicted octanol–water partition coefficient (Wildman–Crippen LogP) is -1.19. The highest BCUT2D eigenvalue weighted by molar-refractivity contribution is 6.32. The van der Waals surface area contributed by atoms with Gasteiger partial charge >= 0.3 is 11.9 Å². The number of aliphatic carboxylic acids is 1. The first kappa shape index (κ1) is 28.0. The Labute approximate surface area is 221 Å². The second-order valence-electron chi connectivity index (χ2n) is 10.5. The fourth-order valence-corrected chi connectivity index (χ4v) is 6.49. The van der Waals surface area contributed by atoms with Crippen LogP contribution in [0.5, 0.6) is 5.75 Å². The van der Waals surface area contributed by atoms with Crippen molar-refractivity contribution < 1.29 is 53.6 Å². The van der Waals surface area contributed by atoms with Crippen LogP contribution in [0.15, 0.2) is 18.2 Å². The van der Waals surface area contributed by atoms with Gasteiger partial charge < -0.3 is 25.8 Å². The number of amides is 1. The molecule has 5 N–H and O–H groups in total. The summed E-state index contributed by atoms with van der Waals surface area (Å²) in [5.41, 5.74) is 2.30. The monoisotopic (exact) mass is 544 g/mol. The average Bonchev–Trinajstić information content (AvgIpc) is 2.84. The molecule has 13 heteroatoms. The molecular weight excluding hydrogens is 516 g/mol. The molecule has 0 spiro atoms. The number of nitrogens with two attached hydrogens (primary N) is 1. The maximum atomic E-state index is 14.0. The smallest absolute Gasteiger partial charge is 0.306 e. The van der Waals surface area contributed by atoms with Gasteiger partial charge in [0, 0.05) is 5.92 Å². The van der Waals surface area contributed by atoms with E-state index in [1.807, 2.05) is 0 Å². The Bertz CT molecular complexity index is 1320. The number of phenolic OH excluding ortho intramolecular Hbond substituents is 1. The van der Waals surface area contributed by atoms with E-state index < -0.39 is 107 Å². The van der Waals surface area contributed by atoms with E-state index in [1.54, 1.807) is 6.92 Å². The van der Waals surface area contributed by atoms with Crippen molar-refractivity contribution in [2.45, 2.75) is 43.4 Å². The van der Waals surface area contributed by atoms with E-state index in [0.29, 0.717) is 5.56 Å². The quantitative estimate of drug-likeness (QED) is 0.245. The van der Waals surface area contributed by atoms with E-state index in [4.69, 9.17) is 15.6 Å². The molecule has 0 aliphatic heterocycles. The summed E-state index contributed by atoms with van der Waals surface area (Å²) < 4.78 is 5.65. The molecule has 0 aromatic heterocycles. The molecule has 1 amide bonds. The first-order valence-corrected chi connectivity index (χ1v) is 12.2. The minimum Gasteiger partial charge on any atom is -0.507 e. The number of carbonyl (C=O) groups is 7. The van der Waals surface area contributed by atoms with E-state index in [-0.39, 0.29) is 5.56 Å². The van der Waals surface area contributed by atoms with Crippen LogP contribution in [-0.2, 0) is 33.5 Å². The van der Waals surface area contributed by atoms with Crippen molar-refractivity contribution in [1.82, 2.24) is 4.90 Å². The molecule has 0 saturated heterocycles. The number of primary amides is 1. The summed E-state index contributed by atoms with van der Waals surface area (Å²) in [6, 6.07) is 2.71. The number of carboxylic acid groups (broad SMARTS) is 1. The summed E-state index contributed by atoms with van der Waals surface area (Å²) in [7, 11) is 2.78. The van der Waals surface area contributed by atoms with Crippen molar-refractivity contribution >= 4 is 41.0 Å². The Morgan fingerprint density at radius 1 is 1.08 bits per heavy atom.